The highest BCUT2D eigenvalue weighted by Crippen LogP contribution is 2.18. The molecule has 0 amide bonds. The number of benzene rings is 1. The number of aryl methyl sites for hydroxylation is 1. The van der Waals surface area contributed by atoms with E-state index in [0.29, 0.717) is 6.04 Å². The van der Waals surface area contributed by atoms with Crippen LogP contribution < -0.4 is 5.32 Å². The summed E-state index contributed by atoms with van der Waals surface area (Å²) >= 11 is 3.51. The minimum Gasteiger partial charge on any atom is -0.306 e. The van der Waals surface area contributed by atoms with Gasteiger partial charge in [-0.25, -0.2) is 0 Å². The van der Waals surface area contributed by atoms with Crippen LogP contribution in [0.25, 0.3) is 0 Å². The maximum absolute atomic E-state index is 3.95. The van der Waals surface area contributed by atoms with Gasteiger partial charge in [0.2, 0.25) is 0 Å². The van der Waals surface area contributed by atoms with Gasteiger partial charge in [0.05, 0.1) is 6.20 Å². The minimum absolute atomic E-state index is 0.303. The van der Waals surface area contributed by atoms with E-state index in [1.54, 1.807) is 0 Å². The van der Waals surface area contributed by atoms with Crippen LogP contribution in [0.5, 0.6) is 0 Å². The number of halogens is 1. The van der Waals surface area contributed by atoms with Gasteiger partial charge in [-0.15, -0.1) is 0 Å². The fourth-order valence-electron chi connectivity index (χ4n) is 1.70. The Bertz CT molecular complexity index is 479. The zero-order valence-electron chi connectivity index (χ0n) is 10.00. The lowest BCUT2D eigenvalue weighted by atomic mass is 10.1. The first-order valence-corrected chi connectivity index (χ1v) is 6.43. The third kappa shape index (κ3) is 3.17. The molecule has 1 aromatic heterocycles. The van der Waals surface area contributed by atoms with Crippen molar-refractivity contribution in [1.29, 1.82) is 0 Å². The summed E-state index contributed by atoms with van der Waals surface area (Å²) in [6.45, 7) is 5.10. The fraction of sp³-hybridized carbons (Fsp3) is 0.308. The Hall–Kier alpha value is -1.13. The van der Waals surface area contributed by atoms with E-state index < -0.39 is 0 Å². The molecule has 0 radical (unpaired) electrons. The van der Waals surface area contributed by atoms with E-state index in [4.69, 9.17) is 0 Å². The molecule has 1 aromatic carbocycles. The molecule has 1 heterocycles. The van der Waals surface area contributed by atoms with Crippen molar-refractivity contribution in [2.45, 2.75) is 26.4 Å². The van der Waals surface area contributed by atoms with Gasteiger partial charge in [0.15, 0.2) is 0 Å². The van der Waals surface area contributed by atoms with Gasteiger partial charge in [-0.3, -0.25) is 5.10 Å². The predicted octanol–water partition coefficient (Wildman–Crippen LogP) is 3.33. The summed E-state index contributed by atoms with van der Waals surface area (Å²) in [5, 5.41) is 10.3. The van der Waals surface area contributed by atoms with Crippen LogP contribution in [0.15, 0.2) is 35.1 Å². The van der Waals surface area contributed by atoms with Gasteiger partial charge in [0.1, 0.15) is 0 Å². The molecular weight excluding hydrogens is 278 g/mol. The quantitative estimate of drug-likeness (QED) is 0.908. The number of nitrogens with one attached hydrogen (secondary N) is 2. The predicted molar refractivity (Wildman–Crippen MR) is 72.7 cm³/mol. The van der Waals surface area contributed by atoms with E-state index in [0.717, 1.165) is 11.0 Å². The van der Waals surface area contributed by atoms with Gasteiger partial charge in [0, 0.05) is 28.8 Å². The van der Waals surface area contributed by atoms with Crippen LogP contribution >= 0.6 is 15.9 Å². The SMILES string of the molecule is Cc1cc(CNC(C)c2cn[nH]c2)ccc1Br. The van der Waals surface area contributed by atoms with Crippen molar-refractivity contribution in [3.05, 3.63) is 51.8 Å². The minimum atomic E-state index is 0.303. The molecule has 2 N–H and O–H groups in total. The van der Waals surface area contributed by atoms with Crippen molar-refractivity contribution in [3.63, 3.8) is 0 Å². The lowest BCUT2D eigenvalue weighted by molar-refractivity contribution is 0.575. The van der Waals surface area contributed by atoms with E-state index in [1.807, 2.05) is 12.4 Å². The zero-order valence-corrected chi connectivity index (χ0v) is 11.6. The summed E-state index contributed by atoms with van der Waals surface area (Å²) < 4.78 is 1.16. The number of nitrogens with zero attached hydrogens (tertiary/aromatic N) is 1. The van der Waals surface area contributed by atoms with Crippen LogP contribution in [0.2, 0.25) is 0 Å². The van der Waals surface area contributed by atoms with E-state index >= 15 is 0 Å². The average molecular weight is 294 g/mol. The first-order chi connectivity index (χ1) is 8.16. The fourth-order valence-corrected chi connectivity index (χ4v) is 1.95. The second kappa shape index (κ2) is 5.47. The molecule has 2 rings (SSSR count). The Morgan fingerprint density at radius 3 is 2.94 bits per heavy atom. The highest BCUT2D eigenvalue weighted by molar-refractivity contribution is 9.10. The summed E-state index contributed by atoms with van der Waals surface area (Å²) in [6, 6.07) is 6.72. The molecule has 0 aliphatic carbocycles. The van der Waals surface area contributed by atoms with Crippen LogP contribution in [0.3, 0.4) is 0 Å². The smallest absolute Gasteiger partial charge is 0.0534 e. The van der Waals surface area contributed by atoms with E-state index in [1.165, 1.54) is 16.7 Å². The lowest BCUT2D eigenvalue weighted by Crippen LogP contribution is -2.17. The Kier molecular flexibility index (Phi) is 3.97. The number of H-pyrrole nitrogens is 1. The molecule has 4 heteroatoms. The molecule has 1 unspecified atom stereocenters. The maximum Gasteiger partial charge on any atom is 0.0534 e. The molecule has 0 aliphatic heterocycles. The highest BCUT2D eigenvalue weighted by atomic mass is 79.9. The topological polar surface area (TPSA) is 40.7 Å². The molecule has 0 spiro atoms. The Balaban J connectivity index is 1.96. The molecule has 0 saturated heterocycles. The Labute approximate surface area is 110 Å². The normalized spacial score (nSPS) is 12.6. The summed E-state index contributed by atoms with van der Waals surface area (Å²) in [6.07, 6.45) is 3.77. The van der Waals surface area contributed by atoms with Gasteiger partial charge in [0.25, 0.3) is 0 Å². The average Bonchev–Trinajstić information content (AvgIpc) is 2.84. The molecular formula is C13H16BrN3. The van der Waals surface area contributed by atoms with Gasteiger partial charge in [-0.2, -0.15) is 5.10 Å². The maximum atomic E-state index is 3.95. The largest absolute Gasteiger partial charge is 0.306 e. The van der Waals surface area contributed by atoms with Crippen molar-refractivity contribution >= 4 is 15.9 Å². The Morgan fingerprint density at radius 2 is 2.29 bits per heavy atom. The van der Waals surface area contributed by atoms with Gasteiger partial charge in [-0.05, 0) is 31.0 Å². The van der Waals surface area contributed by atoms with Crippen molar-refractivity contribution in [3.8, 4) is 0 Å². The molecule has 0 fully saturated rings. The van der Waals surface area contributed by atoms with E-state index in [-0.39, 0.29) is 0 Å². The molecule has 1 atom stereocenters. The molecule has 17 heavy (non-hydrogen) atoms. The number of rotatable bonds is 4. The molecule has 90 valence electrons. The van der Waals surface area contributed by atoms with E-state index in [2.05, 4.69) is 63.5 Å². The molecule has 0 aliphatic rings. The Morgan fingerprint density at radius 1 is 1.47 bits per heavy atom. The van der Waals surface area contributed by atoms with Crippen molar-refractivity contribution in [2.75, 3.05) is 0 Å². The molecule has 0 saturated carbocycles. The van der Waals surface area contributed by atoms with Crippen LogP contribution in [-0.4, -0.2) is 10.2 Å². The van der Waals surface area contributed by atoms with Crippen molar-refractivity contribution in [1.82, 2.24) is 15.5 Å². The molecule has 2 aromatic rings. The zero-order chi connectivity index (χ0) is 12.3. The number of aromatic nitrogens is 2. The second-order valence-corrected chi connectivity index (χ2v) is 5.07. The van der Waals surface area contributed by atoms with Gasteiger partial charge >= 0.3 is 0 Å². The van der Waals surface area contributed by atoms with Gasteiger partial charge < -0.3 is 5.32 Å². The van der Waals surface area contributed by atoms with Crippen molar-refractivity contribution in [2.24, 2.45) is 0 Å². The summed E-state index contributed by atoms with van der Waals surface area (Å²) in [5.41, 5.74) is 3.74. The van der Waals surface area contributed by atoms with Gasteiger partial charge in [-0.1, -0.05) is 28.1 Å². The van der Waals surface area contributed by atoms with E-state index in [9.17, 15) is 0 Å². The summed E-state index contributed by atoms with van der Waals surface area (Å²) in [7, 11) is 0. The standard InChI is InChI=1S/C13H16BrN3/c1-9-5-11(3-4-13(9)14)6-15-10(2)12-7-16-17-8-12/h3-5,7-8,10,15H,6H2,1-2H3,(H,16,17). The van der Waals surface area contributed by atoms with Crippen molar-refractivity contribution < 1.29 is 0 Å². The number of aromatic amines is 1. The third-order valence-electron chi connectivity index (χ3n) is 2.85. The summed E-state index contributed by atoms with van der Waals surface area (Å²) in [4.78, 5) is 0. The number of hydrogen-bond acceptors (Lipinski definition) is 2. The third-order valence-corrected chi connectivity index (χ3v) is 3.74. The van der Waals surface area contributed by atoms with Crippen LogP contribution in [0.1, 0.15) is 29.7 Å². The van der Waals surface area contributed by atoms with Crippen LogP contribution in [-0.2, 0) is 6.54 Å². The first-order valence-electron chi connectivity index (χ1n) is 5.64. The monoisotopic (exact) mass is 293 g/mol. The second-order valence-electron chi connectivity index (χ2n) is 4.22. The van der Waals surface area contributed by atoms with Crippen LogP contribution in [0.4, 0.5) is 0 Å². The molecule has 0 bridgehead atoms. The first kappa shape index (κ1) is 12.3. The lowest BCUT2D eigenvalue weighted by Gasteiger charge is -2.12. The highest BCUT2D eigenvalue weighted by Gasteiger charge is 2.05. The number of hydrogen-bond donors (Lipinski definition) is 2. The molecule has 3 nitrogen and oxygen atoms in total. The van der Waals surface area contributed by atoms with Crippen LogP contribution in [0, 0.1) is 6.92 Å². The summed E-state index contributed by atoms with van der Waals surface area (Å²) in [5.74, 6) is 0.